The van der Waals surface area contributed by atoms with Crippen molar-refractivity contribution in [2.45, 2.75) is 0 Å². The Labute approximate surface area is 353 Å². The summed E-state index contributed by atoms with van der Waals surface area (Å²) in [5, 5.41) is 7.24. The fourth-order valence-corrected chi connectivity index (χ4v) is 9.26. The van der Waals surface area contributed by atoms with Crippen molar-refractivity contribution >= 4 is 71.6 Å². The highest BCUT2D eigenvalue weighted by Gasteiger charge is 2.18. The minimum Gasteiger partial charge on any atom is -0.456 e. The molecule has 3 heteroatoms. The minimum atomic E-state index is 0.890. The topological polar surface area (TPSA) is 21.3 Å². The zero-order valence-electron chi connectivity index (χ0n) is 33.2. The summed E-state index contributed by atoms with van der Waals surface area (Å²) in [6.07, 6.45) is 0. The molecule has 0 saturated carbocycles. The van der Waals surface area contributed by atoms with Gasteiger partial charge in [-0.25, -0.2) is 0 Å². The molecule has 0 atom stereocenters. The first-order valence-electron chi connectivity index (χ1n) is 20.8. The number of furan rings is 1. The van der Waals surface area contributed by atoms with Gasteiger partial charge in [0, 0.05) is 44.2 Å². The number of nitrogens with zero attached hydrogens (tertiary/aromatic N) is 2. The summed E-state index contributed by atoms with van der Waals surface area (Å²) in [7, 11) is 0. The summed E-state index contributed by atoms with van der Waals surface area (Å²) < 4.78 is 8.73. The van der Waals surface area contributed by atoms with Crippen LogP contribution in [0.15, 0.2) is 235 Å². The molecule has 0 aliphatic rings. The highest BCUT2D eigenvalue weighted by molar-refractivity contribution is 6.10. The number of benzene rings is 10. The molecule has 0 spiro atoms. The van der Waals surface area contributed by atoms with Crippen molar-refractivity contribution in [3.63, 3.8) is 0 Å². The van der Waals surface area contributed by atoms with Crippen molar-refractivity contribution in [2.75, 3.05) is 4.90 Å². The first-order chi connectivity index (χ1) is 30.2. The molecule has 2 heterocycles. The molecular weight excluding hydrogens is 741 g/mol. The monoisotopic (exact) mass is 778 g/mol. The fourth-order valence-electron chi connectivity index (χ4n) is 9.26. The van der Waals surface area contributed by atoms with E-state index in [1.54, 1.807) is 0 Å². The summed E-state index contributed by atoms with van der Waals surface area (Å²) in [4.78, 5) is 2.37. The molecule has 2 aromatic heterocycles. The SMILES string of the molecule is c1cc(-c2ccc3ccccc3c2)cc(N(c2ccc(-c3ccccc3-n3c4ccccc4c4ccccc43)cc2)c2cccc(-c3ccc4c(c3)oc3ccccc34)c2)c1. The van der Waals surface area contributed by atoms with Gasteiger partial charge in [-0.1, -0.05) is 152 Å². The van der Waals surface area contributed by atoms with Gasteiger partial charge >= 0.3 is 0 Å². The zero-order chi connectivity index (χ0) is 40.3. The van der Waals surface area contributed by atoms with Crippen molar-refractivity contribution in [2.24, 2.45) is 0 Å². The predicted octanol–water partition coefficient (Wildman–Crippen LogP) is 16.3. The minimum absolute atomic E-state index is 0.890. The van der Waals surface area contributed by atoms with Gasteiger partial charge in [0.1, 0.15) is 11.2 Å². The lowest BCUT2D eigenvalue weighted by atomic mass is 9.99. The lowest BCUT2D eigenvalue weighted by Crippen LogP contribution is -2.10. The molecule has 286 valence electrons. The number of rotatable bonds is 7. The number of hydrogen-bond acceptors (Lipinski definition) is 2. The average molecular weight is 779 g/mol. The Morgan fingerprint density at radius 3 is 1.59 bits per heavy atom. The number of para-hydroxylation sites is 4. The number of fused-ring (bicyclic) bond motifs is 7. The van der Waals surface area contributed by atoms with E-state index in [2.05, 4.69) is 228 Å². The normalized spacial score (nSPS) is 11.6. The standard InChI is InChI=1S/C58H38N2O/c1-2-14-41-35-44(28-27-39(41)13-1)42-15-11-17-47(36-42)59(48-18-12-16-43(37-48)45-31-34-53-52-22-6-10-26-57(52)61-58(53)38-45)46-32-29-40(30-33-46)49-19-3-7-23-54(49)60-55-24-8-4-20-50(55)51-21-5-9-25-56(51)60/h1-38H. The lowest BCUT2D eigenvalue weighted by molar-refractivity contribution is 0.669. The maximum atomic E-state index is 6.32. The van der Waals surface area contributed by atoms with Crippen molar-refractivity contribution < 1.29 is 4.42 Å². The molecule has 61 heavy (non-hydrogen) atoms. The Hall–Kier alpha value is -8.14. The highest BCUT2D eigenvalue weighted by Crippen LogP contribution is 2.42. The van der Waals surface area contributed by atoms with E-state index in [0.717, 1.165) is 66.9 Å². The van der Waals surface area contributed by atoms with Gasteiger partial charge in [0.05, 0.1) is 16.7 Å². The van der Waals surface area contributed by atoms with E-state index in [9.17, 15) is 0 Å². The van der Waals surface area contributed by atoms with E-state index in [1.807, 2.05) is 12.1 Å². The first kappa shape index (κ1) is 34.9. The molecule has 0 amide bonds. The molecule has 0 N–H and O–H groups in total. The van der Waals surface area contributed by atoms with Gasteiger partial charge < -0.3 is 13.9 Å². The number of hydrogen-bond donors (Lipinski definition) is 0. The van der Waals surface area contributed by atoms with Gasteiger partial charge in [0.15, 0.2) is 0 Å². The van der Waals surface area contributed by atoms with Gasteiger partial charge in [-0.2, -0.15) is 0 Å². The van der Waals surface area contributed by atoms with Gasteiger partial charge in [-0.05, 0) is 117 Å². The van der Waals surface area contributed by atoms with Gasteiger partial charge in [0.25, 0.3) is 0 Å². The second-order valence-corrected chi connectivity index (χ2v) is 15.7. The average Bonchev–Trinajstić information content (AvgIpc) is 3.87. The Balaban J connectivity index is 0.984. The van der Waals surface area contributed by atoms with Crippen LogP contribution in [-0.4, -0.2) is 4.57 Å². The number of anilines is 3. The molecule has 0 radical (unpaired) electrons. The lowest BCUT2D eigenvalue weighted by Gasteiger charge is -2.27. The van der Waals surface area contributed by atoms with Crippen molar-refractivity contribution in [3.8, 4) is 39.1 Å². The van der Waals surface area contributed by atoms with Gasteiger partial charge in [-0.3, -0.25) is 0 Å². The molecule has 0 bridgehead atoms. The van der Waals surface area contributed by atoms with E-state index in [0.29, 0.717) is 0 Å². The quantitative estimate of drug-likeness (QED) is 0.161. The largest absolute Gasteiger partial charge is 0.456 e. The van der Waals surface area contributed by atoms with Crippen LogP contribution in [0.4, 0.5) is 17.1 Å². The molecule has 3 nitrogen and oxygen atoms in total. The maximum Gasteiger partial charge on any atom is 0.136 e. The molecular formula is C58H38N2O. The van der Waals surface area contributed by atoms with Crippen molar-refractivity contribution in [3.05, 3.63) is 231 Å². The maximum absolute atomic E-state index is 6.32. The summed E-state index contributed by atoms with van der Waals surface area (Å²) in [5.74, 6) is 0. The Morgan fingerprint density at radius 1 is 0.311 bits per heavy atom. The predicted molar refractivity (Wildman–Crippen MR) is 257 cm³/mol. The van der Waals surface area contributed by atoms with E-state index >= 15 is 0 Å². The van der Waals surface area contributed by atoms with E-state index in [-0.39, 0.29) is 0 Å². The van der Waals surface area contributed by atoms with Gasteiger partial charge in [-0.15, -0.1) is 0 Å². The Bertz CT molecular complexity index is 3560. The summed E-state index contributed by atoms with van der Waals surface area (Å²) >= 11 is 0. The van der Waals surface area contributed by atoms with E-state index in [4.69, 9.17) is 4.42 Å². The van der Waals surface area contributed by atoms with Crippen LogP contribution in [0.25, 0.3) is 93.6 Å². The molecule has 0 aliphatic heterocycles. The molecule has 0 fully saturated rings. The van der Waals surface area contributed by atoms with E-state index < -0.39 is 0 Å². The van der Waals surface area contributed by atoms with Crippen molar-refractivity contribution in [1.82, 2.24) is 4.57 Å². The molecule has 0 aliphatic carbocycles. The van der Waals surface area contributed by atoms with Crippen LogP contribution < -0.4 is 4.90 Å². The zero-order valence-corrected chi connectivity index (χ0v) is 33.2. The molecule has 12 rings (SSSR count). The molecule has 0 unspecified atom stereocenters. The van der Waals surface area contributed by atoms with Gasteiger partial charge in [0.2, 0.25) is 0 Å². The summed E-state index contributed by atoms with van der Waals surface area (Å²) in [6, 6.07) is 83.0. The highest BCUT2D eigenvalue weighted by atomic mass is 16.3. The van der Waals surface area contributed by atoms with Crippen LogP contribution in [0.2, 0.25) is 0 Å². The second-order valence-electron chi connectivity index (χ2n) is 15.7. The van der Waals surface area contributed by atoms with Crippen LogP contribution in [-0.2, 0) is 0 Å². The van der Waals surface area contributed by atoms with Crippen LogP contribution in [0.3, 0.4) is 0 Å². The first-order valence-corrected chi connectivity index (χ1v) is 20.8. The molecule has 10 aromatic carbocycles. The molecule has 12 aromatic rings. The van der Waals surface area contributed by atoms with Crippen LogP contribution in [0.5, 0.6) is 0 Å². The van der Waals surface area contributed by atoms with E-state index in [1.165, 1.54) is 43.7 Å². The third-order valence-electron chi connectivity index (χ3n) is 12.2. The van der Waals surface area contributed by atoms with Crippen LogP contribution in [0, 0.1) is 0 Å². The number of aromatic nitrogens is 1. The Kier molecular flexibility index (Phi) is 8.17. The Morgan fingerprint density at radius 2 is 0.852 bits per heavy atom. The smallest absolute Gasteiger partial charge is 0.136 e. The van der Waals surface area contributed by atoms with Crippen molar-refractivity contribution in [1.29, 1.82) is 0 Å². The van der Waals surface area contributed by atoms with Crippen LogP contribution >= 0.6 is 0 Å². The summed E-state index contributed by atoms with van der Waals surface area (Å²) in [5.41, 5.74) is 15.5. The second kappa shape index (κ2) is 14.3. The molecule has 0 saturated heterocycles. The van der Waals surface area contributed by atoms with Crippen LogP contribution in [0.1, 0.15) is 0 Å². The third kappa shape index (κ3) is 5.98. The summed E-state index contributed by atoms with van der Waals surface area (Å²) in [6.45, 7) is 0. The fraction of sp³-hybridized carbons (Fsp3) is 0. The third-order valence-corrected chi connectivity index (χ3v) is 12.2.